The Bertz CT molecular complexity index is 494. The van der Waals surface area contributed by atoms with E-state index >= 15 is 0 Å². The minimum Gasteiger partial charge on any atom is -0.492 e. The lowest BCUT2D eigenvalue weighted by Crippen LogP contribution is -2.10. The Morgan fingerprint density at radius 2 is 2.06 bits per heavy atom. The van der Waals surface area contributed by atoms with Crippen LogP contribution in [0.1, 0.15) is 16.8 Å². The van der Waals surface area contributed by atoms with Crippen LogP contribution in [0, 0.1) is 0 Å². The van der Waals surface area contributed by atoms with Gasteiger partial charge >= 0.3 is 5.97 Å². The van der Waals surface area contributed by atoms with Gasteiger partial charge in [0.1, 0.15) is 6.42 Å². The summed E-state index contributed by atoms with van der Waals surface area (Å²) in [6.07, 6.45) is -0.341. The predicted octanol–water partition coefficient (Wildman–Crippen LogP) is 1.17. The standard InChI is InChI=1S/C12H12O6/c1-15-10(14)5-8(13)7-3-4-9-12(11(7)16-2)18-6-17-9/h3-4H,5-6H2,1-2H3. The van der Waals surface area contributed by atoms with E-state index in [4.69, 9.17) is 14.2 Å². The first kappa shape index (κ1) is 12.2. The molecular weight excluding hydrogens is 240 g/mol. The maximum Gasteiger partial charge on any atom is 0.313 e. The zero-order chi connectivity index (χ0) is 13.1. The van der Waals surface area contributed by atoms with Gasteiger partial charge in [0.15, 0.2) is 17.3 Å². The Kier molecular flexibility index (Phi) is 3.36. The van der Waals surface area contributed by atoms with Crippen molar-refractivity contribution in [2.45, 2.75) is 6.42 Å². The molecule has 0 spiro atoms. The number of esters is 1. The number of carbonyl (C=O) groups is 2. The summed E-state index contributed by atoms with van der Waals surface area (Å²) in [6, 6.07) is 3.15. The molecule has 0 aromatic heterocycles. The summed E-state index contributed by atoms with van der Waals surface area (Å²) in [5.74, 6) is 0.185. The van der Waals surface area contributed by atoms with E-state index < -0.39 is 11.8 Å². The van der Waals surface area contributed by atoms with E-state index in [9.17, 15) is 9.59 Å². The van der Waals surface area contributed by atoms with Crippen LogP contribution in [0.25, 0.3) is 0 Å². The lowest BCUT2D eigenvalue weighted by Gasteiger charge is -2.09. The number of ether oxygens (including phenoxy) is 4. The van der Waals surface area contributed by atoms with Gasteiger partial charge in [0.2, 0.25) is 12.5 Å². The Morgan fingerprint density at radius 3 is 2.72 bits per heavy atom. The van der Waals surface area contributed by atoms with Gasteiger partial charge in [-0.15, -0.1) is 0 Å². The van der Waals surface area contributed by atoms with Crippen LogP contribution in [0.3, 0.4) is 0 Å². The topological polar surface area (TPSA) is 71.1 Å². The molecule has 1 aliphatic heterocycles. The van der Waals surface area contributed by atoms with Crippen molar-refractivity contribution in [1.29, 1.82) is 0 Å². The fraction of sp³-hybridized carbons (Fsp3) is 0.333. The van der Waals surface area contributed by atoms with Gasteiger partial charge in [-0.25, -0.2) is 0 Å². The third kappa shape index (κ3) is 2.09. The smallest absolute Gasteiger partial charge is 0.313 e. The second kappa shape index (κ2) is 4.95. The third-order valence-corrected chi connectivity index (χ3v) is 2.53. The largest absolute Gasteiger partial charge is 0.492 e. The summed E-state index contributed by atoms with van der Waals surface area (Å²) in [5, 5.41) is 0. The second-order valence-electron chi connectivity index (χ2n) is 3.56. The molecule has 0 radical (unpaired) electrons. The molecule has 6 nitrogen and oxygen atoms in total. The number of ketones is 1. The van der Waals surface area contributed by atoms with Crippen molar-refractivity contribution in [3.63, 3.8) is 0 Å². The van der Waals surface area contributed by atoms with Crippen molar-refractivity contribution in [3.05, 3.63) is 17.7 Å². The Balaban J connectivity index is 2.33. The van der Waals surface area contributed by atoms with Crippen molar-refractivity contribution in [2.24, 2.45) is 0 Å². The zero-order valence-corrected chi connectivity index (χ0v) is 10.0. The average molecular weight is 252 g/mol. The van der Waals surface area contributed by atoms with Gasteiger partial charge in [0.25, 0.3) is 0 Å². The van der Waals surface area contributed by atoms with Gasteiger partial charge in [-0.05, 0) is 12.1 Å². The maximum atomic E-state index is 11.9. The summed E-state index contributed by atoms with van der Waals surface area (Å²) in [4.78, 5) is 23.0. The molecular formula is C12H12O6. The molecule has 0 unspecified atom stereocenters. The Hall–Kier alpha value is -2.24. The van der Waals surface area contributed by atoms with Crippen LogP contribution in [0.4, 0.5) is 0 Å². The number of Topliss-reactive ketones (excluding diaryl/α,β-unsaturated/α-hetero) is 1. The van der Waals surface area contributed by atoms with E-state index in [2.05, 4.69) is 4.74 Å². The van der Waals surface area contributed by atoms with Crippen LogP contribution in [-0.4, -0.2) is 32.8 Å². The number of hydrogen-bond acceptors (Lipinski definition) is 6. The summed E-state index contributed by atoms with van der Waals surface area (Å²) in [5.41, 5.74) is 0.271. The number of benzene rings is 1. The van der Waals surface area contributed by atoms with Crippen molar-refractivity contribution >= 4 is 11.8 Å². The van der Waals surface area contributed by atoms with E-state index in [1.54, 1.807) is 6.07 Å². The second-order valence-corrected chi connectivity index (χ2v) is 3.56. The normalized spacial score (nSPS) is 12.1. The van der Waals surface area contributed by atoms with E-state index in [0.717, 1.165) is 0 Å². The minimum absolute atomic E-state index is 0.0837. The molecule has 0 bridgehead atoms. The van der Waals surface area contributed by atoms with Crippen LogP contribution in [0.2, 0.25) is 0 Å². The monoisotopic (exact) mass is 252 g/mol. The highest BCUT2D eigenvalue weighted by molar-refractivity contribution is 6.08. The average Bonchev–Trinajstić information content (AvgIpc) is 2.85. The van der Waals surface area contributed by atoms with E-state index in [1.807, 2.05) is 0 Å². The van der Waals surface area contributed by atoms with Crippen LogP contribution in [-0.2, 0) is 9.53 Å². The molecule has 18 heavy (non-hydrogen) atoms. The van der Waals surface area contributed by atoms with Crippen LogP contribution in [0.15, 0.2) is 12.1 Å². The first-order valence-electron chi connectivity index (χ1n) is 5.24. The molecule has 0 saturated heterocycles. The number of hydrogen-bond donors (Lipinski definition) is 0. The molecule has 0 amide bonds. The molecule has 0 saturated carbocycles. The molecule has 0 N–H and O–H groups in total. The quantitative estimate of drug-likeness (QED) is 0.455. The van der Waals surface area contributed by atoms with E-state index in [1.165, 1.54) is 20.3 Å². The fourth-order valence-electron chi connectivity index (χ4n) is 1.67. The molecule has 0 aliphatic carbocycles. The predicted molar refractivity (Wildman–Crippen MR) is 60.1 cm³/mol. The fourth-order valence-corrected chi connectivity index (χ4v) is 1.67. The van der Waals surface area contributed by atoms with Crippen LogP contribution in [0.5, 0.6) is 17.2 Å². The van der Waals surface area contributed by atoms with Gasteiger partial charge in [-0.2, -0.15) is 0 Å². The number of rotatable bonds is 4. The van der Waals surface area contributed by atoms with Gasteiger partial charge in [-0.3, -0.25) is 9.59 Å². The van der Waals surface area contributed by atoms with Gasteiger partial charge < -0.3 is 18.9 Å². The molecule has 1 aromatic carbocycles. The Morgan fingerprint density at radius 1 is 1.28 bits per heavy atom. The van der Waals surface area contributed by atoms with Crippen molar-refractivity contribution in [3.8, 4) is 17.2 Å². The highest BCUT2D eigenvalue weighted by Gasteiger charge is 2.25. The Labute approximate surface area is 103 Å². The maximum absolute atomic E-state index is 11.9. The van der Waals surface area contributed by atoms with Crippen molar-refractivity contribution in [1.82, 2.24) is 0 Å². The number of fused-ring (bicyclic) bond motifs is 1. The van der Waals surface area contributed by atoms with Crippen LogP contribution >= 0.6 is 0 Å². The highest BCUT2D eigenvalue weighted by atomic mass is 16.7. The molecule has 0 fully saturated rings. The highest BCUT2D eigenvalue weighted by Crippen LogP contribution is 2.43. The molecule has 1 aromatic rings. The lowest BCUT2D eigenvalue weighted by atomic mass is 10.1. The zero-order valence-electron chi connectivity index (χ0n) is 10.0. The van der Waals surface area contributed by atoms with Crippen molar-refractivity contribution in [2.75, 3.05) is 21.0 Å². The summed E-state index contributed by atoms with van der Waals surface area (Å²) in [7, 11) is 2.65. The summed E-state index contributed by atoms with van der Waals surface area (Å²) < 4.78 is 20.0. The van der Waals surface area contributed by atoms with Crippen molar-refractivity contribution < 1.29 is 28.5 Å². The summed E-state index contributed by atoms with van der Waals surface area (Å²) in [6.45, 7) is 0.0837. The van der Waals surface area contributed by atoms with E-state index in [-0.39, 0.29) is 24.5 Å². The molecule has 96 valence electrons. The first-order valence-corrected chi connectivity index (χ1v) is 5.24. The number of carbonyl (C=O) groups excluding carboxylic acids is 2. The lowest BCUT2D eigenvalue weighted by molar-refractivity contribution is -0.139. The molecule has 2 rings (SSSR count). The first-order chi connectivity index (χ1) is 8.67. The molecule has 1 aliphatic rings. The SMILES string of the molecule is COC(=O)CC(=O)c1ccc2c(c1OC)OCO2. The minimum atomic E-state index is -0.597. The van der Waals surface area contributed by atoms with E-state index in [0.29, 0.717) is 11.5 Å². The van der Waals surface area contributed by atoms with Gasteiger partial charge in [0, 0.05) is 0 Å². The van der Waals surface area contributed by atoms with Gasteiger partial charge in [-0.1, -0.05) is 0 Å². The molecule has 0 atom stereocenters. The summed E-state index contributed by atoms with van der Waals surface area (Å²) >= 11 is 0. The molecule has 1 heterocycles. The van der Waals surface area contributed by atoms with Crippen LogP contribution < -0.4 is 14.2 Å². The number of methoxy groups -OCH3 is 2. The molecule has 6 heteroatoms. The van der Waals surface area contributed by atoms with Gasteiger partial charge in [0.05, 0.1) is 19.8 Å². The third-order valence-electron chi connectivity index (χ3n) is 2.53.